The predicted molar refractivity (Wildman–Crippen MR) is 121 cm³/mol. The Balaban J connectivity index is 1.59. The molecule has 160 valence electrons. The molecule has 0 radical (unpaired) electrons. The highest BCUT2D eigenvalue weighted by Crippen LogP contribution is 2.27. The van der Waals surface area contributed by atoms with Crippen molar-refractivity contribution in [2.24, 2.45) is 0 Å². The van der Waals surface area contributed by atoms with Crippen LogP contribution in [0.15, 0.2) is 85.3 Å². The molecule has 0 bridgehead atoms. The highest BCUT2D eigenvalue weighted by Gasteiger charge is 2.19. The lowest BCUT2D eigenvalue weighted by Crippen LogP contribution is -2.33. The third-order valence-corrected chi connectivity index (χ3v) is 4.68. The minimum absolute atomic E-state index is 0.193. The third-order valence-electron chi connectivity index (χ3n) is 4.68. The number of benzene rings is 2. The standard InChI is InChI=1S/C24H21N5O3/c1-32-20-11-5-7-17(13-20)23-21(16-29(28-23)19-9-3-2-4-10-19)24(31)26-15-22(30)27-18-8-6-12-25-14-18/h2-14,16H,15H2,1H3,(H,26,31)(H,27,30). The number of anilines is 1. The summed E-state index contributed by atoms with van der Waals surface area (Å²) in [5.41, 5.74) is 2.92. The smallest absolute Gasteiger partial charge is 0.255 e. The lowest BCUT2D eigenvalue weighted by molar-refractivity contribution is -0.115. The zero-order chi connectivity index (χ0) is 22.3. The van der Waals surface area contributed by atoms with Gasteiger partial charge in [0, 0.05) is 18.0 Å². The van der Waals surface area contributed by atoms with Gasteiger partial charge in [0.15, 0.2) is 0 Å². The van der Waals surface area contributed by atoms with Crippen molar-refractivity contribution in [2.45, 2.75) is 0 Å². The van der Waals surface area contributed by atoms with Crippen LogP contribution in [-0.2, 0) is 4.79 Å². The SMILES string of the molecule is COc1cccc(-c2nn(-c3ccccc3)cc2C(=O)NCC(=O)Nc2cccnc2)c1. The number of carbonyl (C=O) groups is 2. The van der Waals surface area contributed by atoms with E-state index in [9.17, 15) is 9.59 Å². The van der Waals surface area contributed by atoms with Crippen LogP contribution >= 0.6 is 0 Å². The summed E-state index contributed by atoms with van der Waals surface area (Å²) in [5.74, 6) is -0.116. The molecule has 0 unspecified atom stereocenters. The van der Waals surface area contributed by atoms with Gasteiger partial charge in [-0.1, -0.05) is 30.3 Å². The summed E-state index contributed by atoms with van der Waals surface area (Å²) >= 11 is 0. The Morgan fingerprint density at radius 2 is 1.88 bits per heavy atom. The quantitative estimate of drug-likeness (QED) is 0.472. The fourth-order valence-electron chi connectivity index (χ4n) is 3.13. The van der Waals surface area contributed by atoms with Crippen molar-refractivity contribution >= 4 is 17.5 Å². The molecule has 0 aliphatic carbocycles. The van der Waals surface area contributed by atoms with Gasteiger partial charge in [0.2, 0.25) is 5.91 Å². The van der Waals surface area contributed by atoms with E-state index in [0.29, 0.717) is 22.7 Å². The van der Waals surface area contributed by atoms with Crippen molar-refractivity contribution in [2.75, 3.05) is 19.0 Å². The van der Waals surface area contributed by atoms with E-state index in [1.807, 2.05) is 54.6 Å². The molecular formula is C24H21N5O3. The van der Waals surface area contributed by atoms with Crippen LogP contribution in [0.3, 0.4) is 0 Å². The Bertz CT molecular complexity index is 1220. The van der Waals surface area contributed by atoms with Gasteiger partial charge in [-0.25, -0.2) is 4.68 Å². The number of carbonyl (C=O) groups excluding carboxylic acids is 2. The molecule has 8 nitrogen and oxygen atoms in total. The van der Waals surface area contributed by atoms with Gasteiger partial charge in [-0.2, -0.15) is 5.10 Å². The summed E-state index contributed by atoms with van der Waals surface area (Å²) in [7, 11) is 1.58. The average molecular weight is 427 g/mol. The fraction of sp³-hybridized carbons (Fsp3) is 0.0833. The number of rotatable bonds is 7. The van der Waals surface area contributed by atoms with E-state index >= 15 is 0 Å². The first-order chi connectivity index (χ1) is 15.6. The van der Waals surface area contributed by atoms with E-state index in [1.165, 1.54) is 6.20 Å². The Hall–Kier alpha value is -4.46. The summed E-state index contributed by atoms with van der Waals surface area (Å²) in [5, 5.41) is 9.99. The number of ether oxygens (including phenoxy) is 1. The maximum absolute atomic E-state index is 13.0. The Kier molecular flexibility index (Phi) is 6.22. The summed E-state index contributed by atoms with van der Waals surface area (Å²) in [6, 6.07) is 20.2. The fourth-order valence-corrected chi connectivity index (χ4v) is 3.13. The van der Waals surface area contributed by atoms with Crippen LogP contribution < -0.4 is 15.4 Å². The molecule has 0 saturated carbocycles. The predicted octanol–water partition coefficient (Wildman–Crippen LogP) is 3.31. The third kappa shape index (κ3) is 4.81. The van der Waals surface area contributed by atoms with Crippen molar-refractivity contribution in [3.05, 3.63) is 90.9 Å². The number of pyridine rings is 1. The second kappa shape index (κ2) is 9.57. The van der Waals surface area contributed by atoms with Crippen molar-refractivity contribution < 1.29 is 14.3 Å². The zero-order valence-corrected chi connectivity index (χ0v) is 17.4. The van der Waals surface area contributed by atoms with Gasteiger partial charge >= 0.3 is 0 Å². The van der Waals surface area contributed by atoms with Crippen molar-refractivity contribution in [1.29, 1.82) is 0 Å². The van der Waals surface area contributed by atoms with E-state index in [2.05, 4.69) is 20.7 Å². The molecule has 2 amide bonds. The number of amides is 2. The molecule has 0 atom stereocenters. The molecule has 0 spiro atoms. The van der Waals surface area contributed by atoms with E-state index < -0.39 is 5.91 Å². The average Bonchev–Trinajstić information content (AvgIpc) is 3.29. The number of nitrogens with zero attached hydrogens (tertiary/aromatic N) is 3. The first-order valence-corrected chi connectivity index (χ1v) is 9.91. The Morgan fingerprint density at radius 1 is 1.03 bits per heavy atom. The number of aromatic nitrogens is 3. The molecule has 0 aliphatic heterocycles. The van der Waals surface area contributed by atoms with Gasteiger partial charge in [0.1, 0.15) is 11.4 Å². The van der Waals surface area contributed by atoms with Crippen molar-refractivity contribution in [1.82, 2.24) is 20.1 Å². The minimum atomic E-state index is -0.411. The van der Waals surface area contributed by atoms with Gasteiger partial charge in [-0.3, -0.25) is 14.6 Å². The van der Waals surface area contributed by atoms with Gasteiger partial charge in [-0.05, 0) is 36.4 Å². The Labute approximate surface area is 184 Å². The molecule has 0 saturated heterocycles. The van der Waals surface area contributed by atoms with E-state index in [-0.39, 0.29) is 12.5 Å². The van der Waals surface area contributed by atoms with E-state index in [1.54, 1.807) is 36.3 Å². The largest absolute Gasteiger partial charge is 0.497 e. The summed E-state index contributed by atoms with van der Waals surface area (Å²) in [6.45, 7) is -0.193. The lowest BCUT2D eigenvalue weighted by Gasteiger charge is -2.07. The summed E-state index contributed by atoms with van der Waals surface area (Å²) in [4.78, 5) is 29.2. The second-order valence-corrected chi connectivity index (χ2v) is 6.88. The summed E-state index contributed by atoms with van der Waals surface area (Å²) < 4.78 is 6.95. The zero-order valence-electron chi connectivity index (χ0n) is 17.4. The number of methoxy groups -OCH3 is 1. The number of hydrogen-bond donors (Lipinski definition) is 2. The molecule has 2 aromatic carbocycles. The summed E-state index contributed by atoms with van der Waals surface area (Å²) in [6.07, 6.45) is 4.80. The monoisotopic (exact) mass is 427 g/mol. The van der Waals surface area contributed by atoms with Crippen LogP contribution in [0.2, 0.25) is 0 Å². The topological polar surface area (TPSA) is 98.1 Å². The number of hydrogen-bond acceptors (Lipinski definition) is 5. The molecule has 0 aliphatic rings. The molecule has 2 N–H and O–H groups in total. The van der Waals surface area contributed by atoms with Crippen LogP contribution in [0.5, 0.6) is 5.75 Å². The van der Waals surface area contributed by atoms with Crippen LogP contribution in [0.4, 0.5) is 5.69 Å². The minimum Gasteiger partial charge on any atom is -0.497 e. The number of para-hydroxylation sites is 1. The van der Waals surface area contributed by atoms with Crippen molar-refractivity contribution in [3.63, 3.8) is 0 Å². The first kappa shape index (κ1) is 20.8. The highest BCUT2D eigenvalue weighted by atomic mass is 16.5. The molecule has 8 heteroatoms. The normalized spacial score (nSPS) is 10.4. The van der Waals surface area contributed by atoms with Crippen LogP contribution in [0.1, 0.15) is 10.4 Å². The van der Waals surface area contributed by atoms with Gasteiger partial charge in [0.25, 0.3) is 5.91 Å². The first-order valence-electron chi connectivity index (χ1n) is 9.91. The van der Waals surface area contributed by atoms with Crippen LogP contribution in [0.25, 0.3) is 16.9 Å². The van der Waals surface area contributed by atoms with E-state index in [0.717, 1.165) is 11.3 Å². The van der Waals surface area contributed by atoms with Gasteiger partial charge < -0.3 is 15.4 Å². The molecule has 0 fully saturated rings. The molecule has 2 heterocycles. The molecule has 4 rings (SSSR count). The highest BCUT2D eigenvalue weighted by molar-refractivity contribution is 6.02. The molecule has 4 aromatic rings. The van der Waals surface area contributed by atoms with Gasteiger partial charge in [-0.15, -0.1) is 0 Å². The maximum Gasteiger partial charge on any atom is 0.255 e. The van der Waals surface area contributed by atoms with Crippen LogP contribution in [0, 0.1) is 0 Å². The van der Waals surface area contributed by atoms with E-state index in [4.69, 9.17) is 4.74 Å². The second-order valence-electron chi connectivity index (χ2n) is 6.88. The van der Waals surface area contributed by atoms with Gasteiger partial charge in [0.05, 0.1) is 36.8 Å². The molecular weight excluding hydrogens is 406 g/mol. The Morgan fingerprint density at radius 3 is 2.62 bits per heavy atom. The van der Waals surface area contributed by atoms with Crippen molar-refractivity contribution in [3.8, 4) is 22.7 Å². The number of nitrogens with one attached hydrogen (secondary N) is 2. The molecule has 32 heavy (non-hydrogen) atoms. The van der Waals surface area contributed by atoms with Crippen LogP contribution in [-0.4, -0.2) is 40.2 Å². The molecule has 2 aromatic heterocycles. The lowest BCUT2D eigenvalue weighted by atomic mass is 10.1. The maximum atomic E-state index is 13.0.